The molecule has 10 heteroatoms. The molecule has 0 unspecified atom stereocenters. The largest absolute Gasteiger partial charge is 0.477 e. The van der Waals surface area contributed by atoms with Crippen molar-refractivity contribution in [3.05, 3.63) is 34.1 Å². The molecule has 1 saturated heterocycles. The molecule has 2 fully saturated rings. The summed E-state index contributed by atoms with van der Waals surface area (Å²) < 4.78 is 42.3. The normalized spacial score (nSPS) is 21.9. The summed E-state index contributed by atoms with van der Waals surface area (Å²) in [5.41, 5.74) is -0.430. The number of sulfone groups is 1. The molecule has 148 valence electrons. The summed E-state index contributed by atoms with van der Waals surface area (Å²) in [6.07, 6.45) is 3.89. The first-order valence-corrected chi connectivity index (χ1v) is 10.7. The van der Waals surface area contributed by atoms with Crippen LogP contribution in [-0.2, 0) is 14.6 Å². The Kier molecular flexibility index (Phi) is 5.64. The Balaban J connectivity index is 1.75. The fourth-order valence-electron chi connectivity index (χ4n) is 3.85. The van der Waals surface area contributed by atoms with Crippen LogP contribution >= 0.6 is 0 Å². The first kappa shape index (κ1) is 19.5. The molecule has 0 bridgehead atoms. The minimum absolute atomic E-state index is 0.0460. The molecule has 1 aromatic carbocycles. The van der Waals surface area contributed by atoms with Gasteiger partial charge >= 0.3 is 5.69 Å². The molecule has 1 saturated carbocycles. The predicted octanol–water partition coefficient (Wildman–Crippen LogP) is 2.07. The number of nitro groups is 1. The number of carbonyl (C=O) groups excluding carboxylic acids is 1. The molecule has 0 aromatic heterocycles. The van der Waals surface area contributed by atoms with Crippen molar-refractivity contribution in [2.75, 3.05) is 18.1 Å². The molecule has 3 rings (SSSR count). The molecule has 2 aliphatic rings. The maximum atomic E-state index is 13.4. The molecular weight excluding hydrogens is 379 g/mol. The maximum Gasteiger partial charge on any atom is 0.311 e. The summed E-state index contributed by atoms with van der Waals surface area (Å²) in [7, 11) is -3.17. The molecule has 1 aliphatic heterocycles. The van der Waals surface area contributed by atoms with E-state index >= 15 is 0 Å². The van der Waals surface area contributed by atoms with Crippen LogP contribution in [0.4, 0.5) is 10.1 Å². The average molecular weight is 400 g/mol. The lowest BCUT2D eigenvalue weighted by Crippen LogP contribution is -2.48. The van der Waals surface area contributed by atoms with Gasteiger partial charge < -0.3 is 9.64 Å². The van der Waals surface area contributed by atoms with Gasteiger partial charge in [0, 0.05) is 24.2 Å². The minimum atomic E-state index is -3.17. The lowest BCUT2D eigenvalue weighted by atomic mass is 10.1. The van der Waals surface area contributed by atoms with E-state index in [1.165, 1.54) is 0 Å². The highest BCUT2D eigenvalue weighted by Crippen LogP contribution is 2.31. The SMILES string of the molecule is O=C(COc1cc(F)ccc1[N+](=O)[O-])N(C1CCCC1)[C@@H]1CCS(=O)(=O)C1. The number of nitrogens with zero attached hydrogens (tertiary/aromatic N) is 2. The Morgan fingerprint density at radius 1 is 1.26 bits per heavy atom. The van der Waals surface area contributed by atoms with Crippen LogP contribution in [0.15, 0.2) is 18.2 Å². The summed E-state index contributed by atoms with van der Waals surface area (Å²) >= 11 is 0. The van der Waals surface area contributed by atoms with Crippen molar-refractivity contribution in [3.8, 4) is 5.75 Å². The van der Waals surface area contributed by atoms with Crippen LogP contribution in [0.25, 0.3) is 0 Å². The van der Waals surface area contributed by atoms with E-state index in [1.807, 2.05) is 0 Å². The van der Waals surface area contributed by atoms with E-state index in [2.05, 4.69) is 0 Å². The van der Waals surface area contributed by atoms with E-state index in [0.29, 0.717) is 6.42 Å². The van der Waals surface area contributed by atoms with Crippen molar-refractivity contribution < 1.29 is 27.3 Å². The molecule has 1 aliphatic carbocycles. The predicted molar refractivity (Wildman–Crippen MR) is 94.7 cm³/mol. The molecule has 0 spiro atoms. The molecule has 8 nitrogen and oxygen atoms in total. The fourth-order valence-corrected chi connectivity index (χ4v) is 5.56. The number of rotatable bonds is 6. The van der Waals surface area contributed by atoms with E-state index in [0.717, 1.165) is 43.9 Å². The lowest BCUT2D eigenvalue weighted by molar-refractivity contribution is -0.385. The number of carbonyl (C=O) groups is 1. The van der Waals surface area contributed by atoms with Crippen LogP contribution in [-0.4, -0.2) is 54.3 Å². The molecule has 1 atom stereocenters. The van der Waals surface area contributed by atoms with Crippen molar-refractivity contribution in [3.63, 3.8) is 0 Å². The van der Waals surface area contributed by atoms with E-state index in [9.17, 15) is 27.7 Å². The summed E-state index contributed by atoms with van der Waals surface area (Å²) in [5.74, 6) is -1.49. The maximum absolute atomic E-state index is 13.4. The Hall–Kier alpha value is -2.23. The Bertz CT molecular complexity index is 838. The minimum Gasteiger partial charge on any atom is -0.477 e. The zero-order valence-corrected chi connectivity index (χ0v) is 15.5. The van der Waals surface area contributed by atoms with Crippen LogP contribution in [0.2, 0.25) is 0 Å². The topological polar surface area (TPSA) is 107 Å². The molecule has 1 heterocycles. The van der Waals surface area contributed by atoms with Crippen molar-refractivity contribution in [2.45, 2.75) is 44.2 Å². The van der Waals surface area contributed by atoms with Gasteiger partial charge in [-0.15, -0.1) is 0 Å². The van der Waals surface area contributed by atoms with Gasteiger partial charge in [-0.25, -0.2) is 12.8 Å². The third-order valence-corrected chi connectivity index (χ3v) is 6.83. The van der Waals surface area contributed by atoms with Crippen LogP contribution in [0.5, 0.6) is 5.75 Å². The van der Waals surface area contributed by atoms with Gasteiger partial charge in [-0.05, 0) is 25.3 Å². The number of ether oxygens (including phenoxy) is 1. The smallest absolute Gasteiger partial charge is 0.311 e. The van der Waals surface area contributed by atoms with E-state index in [4.69, 9.17) is 4.74 Å². The number of hydrogen-bond acceptors (Lipinski definition) is 6. The zero-order valence-electron chi connectivity index (χ0n) is 14.7. The van der Waals surface area contributed by atoms with Gasteiger partial charge in [-0.3, -0.25) is 14.9 Å². The van der Waals surface area contributed by atoms with Crippen molar-refractivity contribution in [1.82, 2.24) is 4.90 Å². The highest BCUT2D eigenvalue weighted by Gasteiger charge is 2.39. The number of halogens is 1. The molecule has 0 N–H and O–H groups in total. The first-order chi connectivity index (χ1) is 12.8. The van der Waals surface area contributed by atoms with Gasteiger partial charge in [0.15, 0.2) is 16.4 Å². The van der Waals surface area contributed by atoms with Crippen LogP contribution < -0.4 is 4.74 Å². The van der Waals surface area contributed by atoms with Gasteiger partial charge in [-0.1, -0.05) is 12.8 Å². The second-order valence-corrected chi connectivity index (χ2v) is 9.18. The average Bonchev–Trinajstić information content (AvgIpc) is 3.23. The van der Waals surface area contributed by atoms with E-state index in [-0.39, 0.29) is 23.3 Å². The number of hydrogen-bond donors (Lipinski definition) is 0. The molecule has 0 radical (unpaired) electrons. The fraction of sp³-hybridized carbons (Fsp3) is 0.588. The number of benzene rings is 1. The zero-order chi connectivity index (χ0) is 19.6. The van der Waals surface area contributed by atoms with Gasteiger partial charge in [0.25, 0.3) is 5.91 Å². The summed E-state index contributed by atoms with van der Waals surface area (Å²) in [5, 5.41) is 11.0. The Morgan fingerprint density at radius 2 is 1.96 bits per heavy atom. The second-order valence-electron chi connectivity index (χ2n) is 6.95. The molecule has 1 aromatic rings. The molecular formula is C17H21FN2O6S. The third-order valence-electron chi connectivity index (χ3n) is 5.08. The van der Waals surface area contributed by atoms with Crippen molar-refractivity contribution in [1.29, 1.82) is 0 Å². The van der Waals surface area contributed by atoms with E-state index < -0.39 is 44.8 Å². The Morgan fingerprint density at radius 3 is 2.56 bits per heavy atom. The third kappa shape index (κ3) is 4.55. The molecule has 27 heavy (non-hydrogen) atoms. The van der Waals surface area contributed by atoms with Crippen LogP contribution in [0, 0.1) is 15.9 Å². The highest BCUT2D eigenvalue weighted by atomic mass is 32.2. The van der Waals surface area contributed by atoms with Crippen LogP contribution in [0.3, 0.4) is 0 Å². The van der Waals surface area contributed by atoms with Gasteiger partial charge in [0.1, 0.15) is 5.82 Å². The highest BCUT2D eigenvalue weighted by molar-refractivity contribution is 7.91. The monoisotopic (exact) mass is 400 g/mol. The first-order valence-electron chi connectivity index (χ1n) is 8.85. The van der Waals surface area contributed by atoms with Gasteiger partial charge in [0.2, 0.25) is 5.75 Å². The quantitative estimate of drug-likeness (QED) is 0.534. The van der Waals surface area contributed by atoms with Crippen molar-refractivity contribution in [2.24, 2.45) is 0 Å². The molecule has 1 amide bonds. The number of amides is 1. The number of nitro benzene ring substituents is 1. The standard InChI is InChI=1S/C17H21FN2O6S/c18-12-5-6-15(20(22)23)16(9-12)26-10-17(21)19(13-3-1-2-4-13)14-7-8-27(24,25)11-14/h5-6,9,13-14H,1-4,7-8,10-11H2/t14-/m1/s1. The lowest BCUT2D eigenvalue weighted by Gasteiger charge is -2.34. The second kappa shape index (κ2) is 7.79. The van der Waals surface area contributed by atoms with Crippen LogP contribution in [0.1, 0.15) is 32.1 Å². The summed E-state index contributed by atoms with van der Waals surface area (Å²) in [4.78, 5) is 24.7. The van der Waals surface area contributed by atoms with E-state index in [1.54, 1.807) is 4.90 Å². The van der Waals surface area contributed by atoms with Gasteiger partial charge in [-0.2, -0.15) is 0 Å². The summed E-state index contributed by atoms with van der Waals surface area (Å²) in [6.45, 7) is -0.503. The van der Waals surface area contributed by atoms with Gasteiger partial charge in [0.05, 0.1) is 16.4 Å². The van der Waals surface area contributed by atoms with Crippen molar-refractivity contribution >= 4 is 21.4 Å². The Labute approximate surface area is 156 Å². The summed E-state index contributed by atoms with van der Waals surface area (Å²) in [6, 6.07) is 2.33.